The second kappa shape index (κ2) is 17.5. The van der Waals surface area contributed by atoms with Gasteiger partial charge in [-0.15, -0.1) is 0 Å². The highest BCUT2D eigenvalue weighted by molar-refractivity contribution is 5.16. The smallest absolute Gasteiger partial charge is 0.123 e. The first-order chi connectivity index (χ1) is 17.4. The average Bonchev–Trinajstić information content (AvgIpc) is 2.86. The lowest BCUT2D eigenvalue weighted by molar-refractivity contribution is 0.00520. The fourth-order valence-corrected chi connectivity index (χ4v) is 5.84. The fourth-order valence-electron chi connectivity index (χ4n) is 5.84. The lowest BCUT2D eigenvalue weighted by Gasteiger charge is -2.48. The highest BCUT2D eigenvalue weighted by Crippen LogP contribution is 2.23. The summed E-state index contributed by atoms with van der Waals surface area (Å²) >= 11 is 0. The molecule has 0 saturated carbocycles. The molecule has 1 saturated heterocycles. The second-order valence-electron chi connectivity index (χ2n) is 11.6. The van der Waals surface area contributed by atoms with E-state index < -0.39 is 0 Å². The van der Waals surface area contributed by atoms with E-state index in [-0.39, 0.29) is 11.4 Å². The maximum Gasteiger partial charge on any atom is 0.123 e. The van der Waals surface area contributed by atoms with Crippen LogP contribution in [0.3, 0.4) is 0 Å². The van der Waals surface area contributed by atoms with Crippen LogP contribution in [0.5, 0.6) is 0 Å². The van der Waals surface area contributed by atoms with E-state index in [1.54, 1.807) is 12.1 Å². The van der Waals surface area contributed by atoms with Crippen LogP contribution < -0.4 is 10.6 Å². The van der Waals surface area contributed by atoms with E-state index >= 15 is 0 Å². The van der Waals surface area contributed by atoms with Crippen LogP contribution in [0.1, 0.15) is 91.5 Å². The molecule has 5 heteroatoms. The topological polar surface area (TPSA) is 30.5 Å². The summed E-state index contributed by atoms with van der Waals surface area (Å²) in [5.41, 5.74) is 1.16. The molecule has 1 aromatic carbocycles. The van der Waals surface area contributed by atoms with E-state index in [9.17, 15) is 4.39 Å². The van der Waals surface area contributed by atoms with Crippen LogP contribution >= 0.6 is 0 Å². The van der Waals surface area contributed by atoms with Gasteiger partial charge in [0.2, 0.25) is 0 Å². The number of hydrogen-bond donors (Lipinski definition) is 2. The van der Waals surface area contributed by atoms with E-state index in [4.69, 9.17) is 0 Å². The minimum absolute atomic E-state index is 0.106. The summed E-state index contributed by atoms with van der Waals surface area (Å²) in [6, 6.07) is 6.95. The van der Waals surface area contributed by atoms with Crippen molar-refractivity contribution in [2.75, 3.05) is 52.5 Å². The molecule has 2 unspecified atom stereocenters. The molecule has 1 aliphatic rings. The Bertz CT molecular complexity index is 671. The standard InChI is InChI=1S/C31H57FN4/c1-6-10-13-27(8-3)22-35-24-31(5,25-36(26-35)23-28(9-4)14-11-7-2)34-20-19-33-18-17-29-15-12-16-30(32)21-29/h12,15-16,21,27-28,33-34H,6-11,13-14,17-20,22-26H2,1-5H3. The maximum atomic E-state index is 13.4. The minimum atomic E-state index is -0.145. The zero-order chi connectivity index (χ0) is 26.2. The monoisotopic (exact) mass is 504 g/mol. The lowest BCUT2D eigenvalue weighted by Crippen LogP contribution is -2.65. The largest absolute Gasteiger partial charge is 0.315 e. The molecular weight excluding hydrogens is 447 g/mol. The number of hydrogen-bond acceptors (Lipinski definition) is 4. The van der Waals surface area contributed by atoms with Gasteiger partial charge in [-0.2, -0.15) is 0 Å². The second-order valence-corrected chi connectivity index (χ2v) is 11.6. The summed E-state index contributed by atoms with van der Waals surface area (Å²) in [6.07, 6.45) is 11.4. The molecule has 1 fully saturated rings. The van der Waals surface area contributed by atoms with Crippen molar-refractivity contribution >= 4 is 0 Å². The van der Waals surface area contributed by atoms with E-state index in [0.717, 1.165) is 63.2 Å². The molecule has 2 atom stereocenters. The summed E-state index contributed by atoms with van der Waals surface area (Å²) in [5.74, 6) is 1.47. The van der Waals surface area contributed by atoms with Gasteiger partial charge in [0, 0.05) is 44.8 Å². The summed E-state index contributed by atoms with van der Waals surface area (Å²) in [4.78, 5) is 5.48. The first-order valence-electron chi connectivity index (χ1n) is 15.1. The number of benzene rings is 1. The van der Waals surface area contributed by atoms with Gasteiger partial charge in [0.1, 0.15) is 5.82 Å². The normalized spacial score (nSPS) is 21.1. The van der Waals surface area contributed by atoms with E-state index in [0.29, 0.717) is 0 Å². The Morgan fingerprint density at radius 1 is 0.889 bits per heavy atom. The van der Waals surface area contributed by atoms with Crippen LogP contribution in [0.15, 0.2) is 24.3 Å². The Morgan fingerprint density at radius 3 is 2.03 bits per heavy atom. The van der Waals surface area contributed by atoms with Crippen LogP contribution in [-0.2, 0) is 6.42 Å². The molecule has 1 aromatic rings. The Labute approximate surface area is 222 Å². The van der Waals surface area contributed by atoms with Crippen molar-refractivity contribution in [2.45, 2.75) is 97.9 Å². The number of rotatable bonds is 19. The van der Waals surface area contributed by atoms with Crippen molar-refractivity contribution in [1.82, 2.24) is 20.4 Å². The van der Waals surface area contributed by atoms with Gasteiger partial charge >= 0.3 is 0 Å². The van der Waals surface area contributed by atoms with Crippen molar-refractivity contribution in [1.29, 1.82) is 0 Å². The molecule has 1 heterocycles. The zero-order valence-corrected chi connectivity index (χ0v) is 24.3. The summed E-state index contributed by atoms with van der Waals surface area (Å²) < 4.78 is 13.4. The molecule has 2 N–H and O–H groups in total. The van der Waals surface area contributed by atoms with Gasteiger partial charge in [-0.05, 0) is 62.3 Å². The van der Waals surface area contributed by atoms with Gasteiger partial charge in [0.05, 0.1) is 6.67 Å². The molecule has 4 nitrogen and oxygen atoms in total. The van der Waals surface area contributed by atoms with Crippen molar-refractivity contribution in [3.63, 3.8) is 0 Å². The molecular formula is C31H57FN4. The van der Waals surface area contributed by atoms with Gasteiger partial charge < -0.3 is 10.6 Å². The van der Waals surface area contributed by atoms with Crippen LogP contribution in [0.4, 0.5) is 4.39 Å². The molecule has 1 aliphatic heterocycles. The van der Waals surface area contributed by atoms with Gasteiger partial charge in [0.15, 0.2) is 0 Å². The van der Waals surface area contributed by atoms with Gasteiger partial charge in [-0.3, -0.25) is 9.80 Å². The highest BCUT2D eigenvalue weighted by atomic mass is 19.1. The first kappa shape index (κ1) is 31.2. The Balaban J connectivity index is 1.89. The Morgan fingerprint density at radius 2 is 1.50 bits per heavy atom. The van der Waals surface area contributed by atoms with Crippen molar-refractivity contribution in [3.8, 4) is 0 Å². The number of nitrogens with one attached hydrogen (secondary N) is 2. The fraction of sp³-hybridized carbons (Fsp3) is 0.806. The highest BCUT2D eigenvalue weighted by Gasteiger charge is 2.35. The molecule has 208 valence electrons. The quantitative estimate of drug-likeness (QED) is 0.216. The number of nitrogens with zero attached hydrogens (tertiary/aromatic N) is 2. The summed E-state index contributed by atoms with van der Waals surface area (Å²) in [6.45, 7) is 20.4. The predicted molar refractivity (Wildman–Crippen MR) is 154 cm³/mol. The van der Waals surface area contributed by atoms with Gasteiger partial charge in [-0.25, -0.2) is 4.39 Å². The van der Waals surface area contributed by atoms with Crippen LogP contribution in [0.25, 0.3) is 0 Å². The van der Waals surface area contributed by atoms with Gasteiger partial charge in [0.25, 0.3) is 0 Å². The van der Waals surface area contributed by atoms with E-state index in [1.807, 2.05) is 6.07 Å². The number of halogens is 1. The summed E-state index contributed by atoms with van der Waals surface area (Å²) in [7, 11) is 0. The number of unbranched alkanes of at least 4 members (excludes halogenated alkanes) is 2. The SMILES string of the molecule is CCCCC(CC)CN1CN(CC(CC)CCCC)CC(C)(NCCNCCc2cccc(F)c2)C1. The van der Waals surface area contributed by atoms with Crippen molar-refractivity contribution < 1.29 is 4.39 Å². The minimum Gasteiger partial charge on any atom is -0.315 e. The third-order valence-corrected chi connectivity index (χ3v) is 8.00. The zero-order valence-electron chi connectivity index (χ0n) is 24.3. The molecule has 0 spiro atoms. The maximum absolute atomic E-state index is 13.4. The third-order valence-electron chi connectivity index (χ3n) is 8.00. The predicted octanol–water partition coefficient (Wildman–Crippen LogP) is 6.31. The van der Waals surface area contributed by atoms with Crippen LogP contribution in [0.2, 0.25) is 0 Å². The van der Waals surface area contributed by atoms with Crippen molar-refractivity contribution in [3.05, 3.63) is 35.6 Å². The Kier molecular flexibility index (Phi) is 15.2. The summed E-state index contributed by atoms with van der Waals surface area (Å²) in [5, 5.41) is 7.48. The molecule has 0 aliphatic carbocycles. The molecule has 2 rings (SSSR count). The molecule has 0 radical (unpaired) electrons. The van der Waals surface area contributed by atoms with E-state index in [1.165, 1.54) is 70.5 Å². The van der Waals surface area contributed by atoms with Crippen molar-refractivity contribution in [2.24, 2.45) is 11.8 Å². The molecule has 36 heavy (non-hydrogen) atoms. The van der Waals surface area contributed by atoms with E-state index in [2.05, 4.69) is 55.1 Å². The molecule has 0 bridgehead atoms. The van der Waals surface area contributed by atoms with Crippen LogP contribution in [0, 0.1) is 17.7 Å². The van der Waals surface area contributed by atoms with Gasteiger partial charge in [-0.1, -0.05) is 78.4 Å². The lowest BCUT2D eigenvalue weighted by atomic mass is 9.93. The first-order valence-corrected chi connectivity index (χ1v) is 15.1. The average molecular weight is 505 g/mol. The molecule has 0 amide bonds. The molecule has 0 aromatic heterocycles. The third kappa shape index (κ3) is 12.0. The Hall–Kier alpha value is -1.01. The van der Waals surface area contributed by atoms with Crippen LogP contribution in [-0.4, -0.2) is 67.8 Å².